The topological polar surface area (TPSA) is 102 Å². The van der Waals surface area contributed by atoms with Crippen LogP contribution in [0.25, 0.3) is 11.0 Å². The van der Waals surface area contributed by atoms with E-state index in [4.69, 9.17) is 0 Å². The number of aromatic amines is 1. The summed E-state index contributed by atoms with van der Waals surface area (Å²) in [4.78, 5) is 33.1. The van der Waals surface area contributed by atoms with Gasteiger partial charge in [-0.05, 0) is 37.4 Å². The second-order valence-electron chi connectivity index (χ2n) is 8.67. The van der Waals surface area contributed by atoms with Crippen LogP contribution in [0.2, 0.25) is 0 Å². The van der Waals surface area contributed by atoms with Crippen molar-refractivity contribution in [1.82, 2.24) is 30.2 Å². The van der Waals surface area contributed by atoms with E-state index in [1.807, 2.05) is 36.4 Å². The van der Waals surface area contributed by atoms with E-state index in [0.717, 1.165) is 48.5 Å². The quantitative estimate of drug-likeness (QED) is 0.288. The molecule has 0 radical (unpaired) electrons. The molecule has 5 rings (SSSR count). The monoisotopic (exact) mass is 480 g/mol. The van der Waals surface area contributed by atoms with Gasteiger partial charge >= 0.3 is 0 Å². The van der Waals surface area contributed by atoms with E-state index in [9.17, 15) is 4.79 Å². The lowest BCUT2D eigenvalue weighted by Crippen LogP contribution is -2.44. The standard InChI is InChI=1S/C27H28N8O/c1-34-13-15-35(16-14-34)22-9-6-8-21(17-22)31-27-29-18-20(19-30-27)7-4-5-12-28-26(36)25-32-23-10-2-3-11-24(23)33-25/h2-3,6,8-11,17-19H,5,12-16H2,1H3,(H,28,36)(H,32,33)(H,29,30,31). The number of H-pyrrole nitrogens is 1. The molecule has 1 fully saturated rings. The van der Waals surface area contributed by atoms with Crippen molar-refractivity contribution < 1.29 is 4.79 Å². The van der Waals surface area contributed by atoms with E-state index in [2.05, 4.69) is 71.4 Å². The highest BCUT2D eigenvalue weighted by molar-refractivity contribution is 5.94. The molecule has 3 heterocycles. The van der Waals surface area contributed by atoms with Crippen LogP contribution >= 0.6 is 0 Å². The first-order valence-corrected chi connectivity index (χ1v) is 12.0. The van der Waals surface area contributed by atoms with Gasteiger partial charge in [0.05, 0.1) is 16.6 Å². The normalized spacial score (nSPS) is 13.8. The molecule has 0 aliphatic carbocycles. The number of hydrogen-bond acceptors (Lipinski definition) is 7. The van der Waals surface area contributed by atoms with E-state index < -0.39 is 0 Å². The fourth-order valence-corrected chi connectivity index (χ4v) is 3.98. The van der Waals surface area contributed by atoms with E-state index in [1.54, 1.807) is 12.4 Å². The van der Waals surface area contributed by atoms with Gasteiger partial charge in [-0.2, -0.15) is 0 Å². The number of para-hydroxylation sites is 2. The number of carbonyl (C=O) groups is 1. The number of carbonyl (C=O) groups excluding carboxylic acids is 1. The SMILES string of the molecule is CN1CCN(c2cccc(Nc3ncc(C#CCCNC(=O)c4nc5ccccc5[nH]4)cn3)c2)CC1. The minimum atomic E-state index is -0.247. The van der Waals surface area contributed by atoms with Gasteiger partial charge in [-0.25, -0.2) is 15.0 Å². The number of rotatable bonds is 6. The second-order valence-corrected chi connectivity index (χ2v) is 8.67. The highest BCUT2D eigenvalue weighted by Gasteiger charge is 2.14. The molecule has 1 amide bonds. The molecule has 0 saturated carbocycles. The van der Waals surface area contributed by atoms with Crippen LogP contribution in [0, 0.1) is 11.8 Å². The summed E-state index contributed by atoms with van der Waals surface area (Å²) in [6.45, 7) is 4.60. The first kappa shape index (κ1) is 23.3. The molecular weight excluding hydrogens is 452 g/mol. The molecule has 4 aromatic rings. The number of nitrogens with one attached hydrogen (secondary N) is 3. The molecule has 1 aliphatic rings. The summed E-state index contributed by atoms with van der Waals surface area (Å²) >= 11 is 0. The number of likely N-dealkylation sites (N-methyl/N-ethyl adjacent to an activating group) is 1. The first-order valence-electron chi connectivity index (χ1n) is 12.0. The number of nitrogens with zero attached hydrogens (tertiary/aromatic N) is 5. The Bertz CT molecular complexity index is 1360. The molecule has 1 saturated heterocycles. The Morgan fingerprint density at radius 1 is 1.06 bits per heavy atom. The Morgan fingerprint density at radius 3 is 2.67 bits per heavy atom. The molecule has 36 heavy (non-hydrogen) atoms. The summed E-state index contributed by atoms with van der Waals surface area (Å²) in [5.74, 6) is 6.66. The summed E-state index contributed by atoms with van der Waals surface area (Å²) in [6, 6.07) is 15.9. The van der Waals surface area contributed by atoms with Crippen LogP contribution in [0.3, 0.4) is 0 Å². The third-order valence-electron chi connectivity index (χ3n) is 6.00. The number of aromatic nitrogens is 4. The third-order valence-corrected chi connectivity index (χ3v) is 6.00. The highest BCUT2D eigenvalue weighted by Crippen LogP contribution is 2.22. The number of hydrogen-bond donors (Lipinski definition) is 3. The number of imidazole rings is 1. The minimum Gasteiger partial charge on any atom is -0.369 e. The molecule has 2 aromatic carbocycles. The van der Waals surface area contributed by atoms with Gasteiger partial charge in [-0.15, -0.1) is 0 Å². The van der Waals surface area contributed by atoms with Gasteiger partial charge in [0.15, 0.2) is 5.82 Å². The van der Waals surface area contributed by atoms with E-state index >= 15 is 0 Å². The lowest BCUT2D eigenvalue weighted by molar-refractivity contribution is 0.0945. The fourth-order valence-electron chi connectivity index (χ4n) is 3.98. The van der Waals surface area contributed by atoms with Crippen LogP contribution < -0.4 is 15.5 Å². The second kappa shape index (κ2) is 10.9. The molecule has 9 heteroatoms. The molecular formula is C27H28N8O. The van der Waals surface area contributed by atoms with E-state index in [1.165, 1.54) is 5.69 Å². The maximum atomic E-state index is 12.3. The van der Waals surface area contributed by atoms with Crippen molar-refractivity contribution in [3.8, 4) is 11.8 Å². The number of benzene rings is 2. The Morgan fingerprint density at radius 2 is 1.86 bits per heavy atom. The zero-order valence-corrected chi connectivity index (χ0v) is 20.2. The van der Waals surface area contributed by atoms with E-state index in [0.29, 0.717) is 24.7 Å². The number of piperazine rings is 1. The molecule has 0 spiro atoms. The molecule has 182 valence electrons. The predicted octanol–water partition coefficient (Wildman–Crippen LogP) is 3.02. The molecule has 0 atom stereocenters. The minimum absolute atomic E-state index is 0.247. The van der Waals surface area contributed by atoms with Gasteiger partial charge in [-0.1, -0.05) is 30.0 Å². The summed E-state index contributed by atoms with van der Waals surface area (Å²) < 4.78 is 0. The number of fused-ring (bicyclic) bond motifs is 1. The van der Waals surface area contributed by atoms with Crippen LogP contribution in [0.4, 0.5) is 17.3 Å². The fraction of sp³-hybridized carbons (Fsp3) is 0.259. The zero-order valence-electron chi connectivity index (χ0n) is 20.2. The molecule has 1 aliphatic heterocycles. The molecule has 0 bridgehead atoms. The van der Waals surface area contributed by atoms with Crippen LogP contribution in [0.15, 0.2) is 60.9 Å². The summed E-state index contributed by atoms with van der Waals surface area (Å²) in [6.07, 6.45) is 3.89. The van der Waals surface area contributed by atoms with Gasteiger partial charge in [0.2, 0.25) is 5.95 Å². The summed E-state index contributed by atoms with van der Waals surface area (Å²) in [7, 11) is 2.16. The van der Waals surface area contributed by atoms with Gasteiger partial charge in [0.25, 0.3) is 5.91 Å². The highest BCUT2D eigenvalue weighted by atomic mass is 16.2. The zero-order chi connectivity index (χ0) is 24.7. The van der Waals surface area contributed by atoms with Crippen LogP contribution in [0.5, 0.6) is 0 Å². The molecule has 9 nitrogen and oxygen atoms in total. The van der Waals surface area contributed by atoms with Crippen LogP contribution in [-0.2, 0) is 0 Å². The average molecular weight is 481 g/mol. The first-order chi connectivity index (χ1) is 17.6. The van der Waals surface area contributed by atoms with Crippen LogP contribution in [-0.4, -0.2) is 70.5 Å². The Balaban J connectivity index is 1.10. The van der Waals surface area contributed by atoms with Crippen molar-refractivity contribution in [3.05, 3.63) is 72.3 Å². The number of anilines is 3. The van der Waals surface area contributed by atoms with Gasteiger partial charge in [0, 0.05) is 62.9 Å². The third kappa shape index (κ3) is 5.79. The number of amides is 1. The average Bonchev–Trinajstić information content (AvgIpc) is 3.35. The molecule has 2 aromatic heterocycles. The van der Waals surface area contributed by atoms with Crippen molar-refractivity contribution in [2.45, 2.75) is 6.42 Å². The van der Waals surface area contributed by atoms with Crippen molar-refractivity contribution >= 4 is 34.3 Å². The summed E-state index contributed by atoms with van der Waals surface area (Å²) in [5, 5.41) is 6.10. The Labute approximate surface area is 210 Å². The Kier molecular flexibility index (Phi) is 7.05. The summed E-state index contributed by atoms with van der Waals surface area (Å²) in [5.41, 5.74) is 4.47. The van der Waals surface area contributed by atoms with Gasteiger partial charge in [-0.3, -0.25) is 4.79 Å². The largest absolute Gasteiger partial charge is 0.369 e. The van der Waals surface area contributed by atoms with Gasteiger partial charge < -0.3 is 25.4 Å². The predicted molar refractivity (Wildman–Crippen MR) is 141 cm³/mol. The van der Waals surface area contributed by atoms with Crippen molar-refractivity contribution in [1.29, 1.82) is 0 Å². The molecule has 0 unspecified atom stereocenters. The maximum absolute atomic E-state index is 12.3. The van der Waals surface area contributed by atoms with Crippen LogP contribution in [0.1, 0.15) is 22.6 Å². The smallest absolute Gasteiger partial charge is 0.287 e. The van der Waals surface area contributed by atoms with E-state index in [-0.39, 0.29) is 5.91 Å². The lowest BCUT2D eigenvalue weighted by Gasteiger charge is -2.34. The van der Waals surface area contributed by atoms with Crippen molar-refractivity contribution in [3.63, 3.8) is 0 Å². The lowest BCUT2D eigenvalue weighted by atomic mass is 10.2. The maximum Gasteiger partial charge on any atom is 0.287 e. The van der Waals surface area contributed by atoms with Gasteiger partial charge in [0.1, 0.15) is 0 Å². The van der Waals surface area contributed by atoms with Crippen molar-refractivity contribution in [2.24, 2.45) is 0 Å². The molecule has 3 N–H and O–H groups in total. The Hall–Kier alpha value is -4.42. The van der Waals surface area contributed by atoms with Crippen molar-refractivity contribution in [2.75, 3.05) is 50.0 Å².